The molecule has 0 bridgehead atoms. The molecule has 0 aliphatic carbocycles. The Morgan fingerprint density at radius 2 is 1.79 bits per heavy atom. The fraction of sp³-hybridized carbons (Fsp3) is 0.200. The molecule has 1 atom stereocenters. The largest absolute Gasteiger partial charge is 0.496 e. The van der Waals surface area contributed by atoms with Gasteiger partial charge in [-0.3, -0.25) is 0 Å². The summed E-state index contributed by atoms with van der Waals surface area (Å²) in [7, 11) is 1.66. The van der Waals surface area contributed by atoms with E-state index in [4.69, 9.17) is 22.1 Å². The van der Waals surface area contributed by atoms with Crippen molar-refractivity contribution in [1.82, 2.24) is 0 Å². The van der Waals surface area contributed by atoms with Crippen molar-refractivity contribution in [1.29, 1.82) is 0 Å². The summed E-state index contributed by atoms with van der Waals surface area (Å²) in [5.74, 6) is 0.812. The Bertz CT molecular complexity index is 572. The highest BCUT2D eigenvalue weighted by Gasteiger charge is 2.14. The van der Waals surface area contributed by atoms with Crippen LogP contribution in [0.3, 0.4) is 0 Å². The van der Waals surface area contributed by atoms with E-state index in [-0.39, 0.29) is 6.04 Å². The molecule has 0 spiro atoms. The molecule has 0 aromatic heterocycles. The van der Waals surface area contributed by atoms with Gasteiger partial charge >= 0.3 is 0 Å². The summed E-state index contributed by atoms with van der Waals surface area (Å²) >= 11 is 7.80. The highest BCUT2D eigenvalue weighted by atomic mass is 35.5. The molecule has 0 amide bonds. The van der Waals surface area contributed by atoms with Gasteiger partial charge in [0.15, 0.2) is 0 Å². The van der Waals surface area contributed by atoms with Crippen molar-refractivity contribution in [2.45, 2.75) is 22.8 Å². The molecule has 2 rings (SSSR count). The smallest absolute Gasteiger partial charge is 0.124 e. The Morgan fingerprint density at radius 3 is 2.42 bits per heavy atom. The standard InChI is InChI=1S/C15H16ClNOS/c1-10(17)15-12(18-2)7-5-9-14(15)19-13-8-4-3-6-11(13)16/h3-10H,17H2,1-2H3/t10-/m1/s1. The van der Waals surface area contributed by atoms with Crippen LogP contribution in [-0.2, 0) is 0 Å². The molecule has 2 aromatic carbocycles. The fourth-order valence-corrected chi connectivity index (χ4v) is 3.23. The Labute approximate surface area is 122 Å². The third-order valence-electron chi connectivity index (χ3n) is 2.76. The summed E-state index contributed by atoms with van der Waals surface area (Å²) in [6, 6.07) is 13.6. The van der Waals surface area contributed by atoms with Gasteiger partial charge < -0.3 is 10.5 Å². The van der Waals surface area contributed by atoms with Gasteiger partial charge in [0, 0.05) is 21.4 Å². The van der Waals surface area contributed by atoms with Crippen molar-refractivity contribution in [3.8, 4) is 5.75 Å². The lowest BCUT2D eigenvalue weighted by molar-refractivity contribution is 0.405. The minimum absolute atomic E-state index is 0.0962. The molecule has 2 nitrogen and oxygen atoms in total. The average molecular weight is 294 g/mol. The highest BCUT2D eigenvalue weighted by molar-refractivity contribution is 7.99. The fourth-order valence-electron chi connectivity index (χ4n) is 1.89. The van der Waals surface area contributed by atoms with Gasteiger partial charge in [-0.1, -0.05) is 41.6 Å². The molecule has 0 aliphatic rings. The van der Waals surface area contributed by atoms with Gasteiger partial charge in [-0.25, -0.2) is 0 Å². The first-order valence-electron chi connectivity index (χ1n) is 5.98. The van der Waals surface area contributed by atoms with Crippen LogP contribution in [0.2, 0.25) is 5.02 Å². The van der Waals surface area contributed by atoms with E-state index in [9.17, 15) is 0 Å². The predicted molar refractivity (Wildman–Crippen MR) is 81.2 cm³/mol. The van der Waals surface area contributed by atoms with Gasteiger partial charge in [-0.15, -0.1) is 0 Å². The highest BCUT2D eigenvalue weighted by Crippen LogP contribution is 2.39. The van der Waals surface area contributed by atoms with Gasteiger partial charge in [0.1, 0.15) is 5.75 Å². The summed E-state index contributed by atoms with van der Waals surface area (Å²) in [6.45, 7) is 1.95. The summed E-state index contributed by atoms with van der Waals surface area (Å²) in [6.07, 6.45) is 0. The predicted octanol–water partition coefficient (Wildman–Crippen LogP) is 4.52. The molecule has 2 N–H and O–H groups in total. The van der Waals surface area contributed by atoms with Crippen LogP contribution < -0.4 is 10.5 Å². The number of benzene rings is 2. The van der Waals surface area contributed by atoms with E-state index in [1.54, 1.807) is 18.9 Å². The first-order chi connectivity index (χ1) is 9.13. The van der Waals surface area contributed by atoms with Crippen molar-refractivity contribution in [3.05, 3.63) is 53.1 Å². The molecule has 0 unspecified atom stereocenters. The van der Waals surface area contributed by atoms with E-state index in [2.05, 4.69) is 0 Å². The van der Waals surface area contributed by atoms with Crippen LogP contribution in [0.1, 0.15) is 18.5 Å². The van der Waals surface area contributed by atoms with E-state index in [1.165, 1.54) is 0 Å². The van der Waals surface area contributed by atoms with Crippen LogP contribution in [0, 0.1) is 0 Å². The second kappa shape index (κ2) is 6.33. The maximum atomic E-state index is 6.20. The number of methoxy groups -OCH3 is 1. The van der Waals surface area contributed by atoms with Gasteiger partial charge in [0.05, 0.1) is 12.1 Å². The second-order valence-electron chi connectivity index (χ2n) is 4.19. The minimum Gasteiger partial charge on any atom is -0.496 e. The zero-order valence-corrected chi connectivity index (χ0v) is 12.5. The zero-order valence-electron chi connectivity index (χ0n) is 10.9. The first kappa shape index (κ1) is 14.3. The van der Waals surface area contributed by atoms with E-state index >= 15 is 0 Å². The number of halogens is 1. The summed E-state index contributed by atoms with van der Waals surface area (Å²) in [5, 5.41) is 0.742. The maximum Gasteiger partial charge on any atom is 0.124 e. The van der Waals surface area contributed by atoms with Crippen LogP contribution >= 0.6 is 23.4 Å². The van der Waals surface area contributed by atoms with E-state index in [0.717, 1.165) is 26.1 Å². The maximum absolute atomic E-state index is 6.20. The van der Waals surface area contributed by atoms with E-state index in [0.29, 0.717) is 0 Å². The number of hydrogen-bond acceptors (Lipinski definition) is 3. The molecule has 0 saturated carbocycles. The van der Waals surface area contributed by atoms with E-state index < -0.39 is 0 Å². The Morgan fingerprint density at radius 1 is 1.11 bits per heavy atom. The molecule has 0 radical (unpaired) electrons. The molecule has 4 heteroatoms. The molecule has 2 aromatic rings. The number of ether oxygens (including phenoxy) is 1. The number of nitrogens with two attached hydrogens (primary N) is 1. The second-order valence-corrected chi connectivity index (χ2v) is 5.68. The molecule has 0 saturated heterocycles. The summed E-state index contributed by atoms with van der Waals surface area (Å²) in [5.41, 5.74) is 7.07. The van der Waals surface area contributed by atoms with Crippen LogP contribution in [0.15, 0.2) is 52.3 Å². The molecule has 0 aliphatic heterocycles. The number of rotatable bonds is 4. The van der Waals surface area contributed by atoms with Crippen molar-refractivity contribution in [3.63, 3.8) is 0 Å². The lowest BCUT2D eigenvalue weighted by Crippen LogP contribution is -2.08. The van der Waals surface area contributed by atoms with Crippen molar-refractivity contribution in [2.75, 3.05) is 7.11 Å². The normalized spacial score (nSPS) is 12.2. The quantitative estimate of drug-likeness (QED) is 0.900. The SMILES string of the molecule is COc1cccc(Sc2ccccc2Cl)c1[C@@H](C)N. The third kappa shape index (κ3) is 3.24. The minimum atomic E-state index is -0.0962. The van der Waals surface area contributed by atoms with Gasteiger partial charge in [-0.05, 0) is 31.2 Å². The lowest BCUT2D eigenvalue weighted by atomic mass is 10.1. The van der Waals surface area contributed by atoms with Gasteiger partial charge in [-0.2, -0.15) is 0 Å². The Kier molecular flexibility index (Phi) is 4.75. The zero-order chi connectivity index (χ0) is 13.8. The van der Waals surface area contributed by atoms with Crippen molar-refractivity contribution < 1.29 is 4.74 Å². The summed E-state index contributed by atoms with van der Waals surface area (Å²) in [4.78, 5) is 2.08. The third-order valence-corrected chi connectivity index (χ3v) is 4.35. The topological polar surface area (TPSA) is 35.2 Å². The van der Waals surface area contributed by atoms with Crippen molar-refractivity contribution in [2.24, 2.45) is 5.73 Å². The number of hydrogen-bond donors (Lipinski definition) is 1. The molecule has 0 heterocycles. The van der Waals surface area contributed by atoms with Gasteiger partial charge in [0.25, 0.3) is 0 Å². The average Bonchev–Trinajstić information content (AvgIpc) is 2.40. The Hall–Kier alpha value is -1.16. The molecule has 0 fully saturated rings. The molecular weight excluding hydrogens is 278 g/mol. The van der Waals surface area contributed by atoms with E-state index in [1.807, 2.05) is 49.4 Å². The van der Waals surface area contributed by atoms with Crippen LogP contribution in [0.25, 0.3) is 0 Å². The summed E-state index contributed by atoms with van der Waals surface area (Å²) < 4.78 is 5.39. The first-order valence-corrected chi connectivity index (χ1v) is 7.17. The molecular formula is C15H16ClNOS. The van der Waals surface area contributed by atoms with Gasteiger partial charge in [0.2, 0.25) is 0 Å². The van der Waals surface area contributed by atoms with Crippen LogP contribution in [0.4, 0.5) is 0 Å². The van der Waals surface area contributed by atoms with Crippen LogP contribution in [-0.4, -0.2) is 7.11 Å². The lowest BCUT2D eigenvalue weighted by Gasteiger charge is -2.16. The monoisotopic (exact) mass is 293 g/mol. The van der Waals surface area contributed by atoms with Crippen LogP contribution in [0.5, 0.6) is 5.75 Å². The Balaban J connectivity index is 2.43. The molecule has 19 heavy (non-hydrogen) atoms. The van der Waals surface area contributed by atoms with Crippen molar-refractivity contribution >= 4 is 23.4 Å². The molecule has 100 valence electrons.